The Morgan fingerprint density at radius 2 is 1.77 bits per heavy atom. The number of sulfonamides is 1. The fourth-order valence-electron chi connectivity index (χ4n) is 3.74. The Kier molecular flexibility index (Phi) is 7.53. The summed E-state index contributed by atoms with van der Waals surface area (Å²) in [6.07, 6.45) is -4.55. The molecule has 0 aliphatic carbocycles. The molecule has 0 unspecified atom stereocenters. The van der Waals surface area contributed by atoms with Gasteiger partial charge in [-0.2, -0.15) is 13.2 Å². The Morgan fingerprint density at radius 1 is 1.09 bits per heavy atom. The molecule has 35 heavy (non-hydrogen) atoms. The van der Waals surface area contributed by atoms with Crippen molar-refractivity contribution in [2.45, 2.75) is 22.9 Å². The Hall–Kier alpha value is -1.69. The zero-order valence-electron chi connectivity index (χ0n) is 18.0. The van der Waals surface area contributed by atoms with Crippen LogP contribution in [0.25, 0.3) is 11.1 Å². The number of alkyl halides is 3. The minimum Gasteiger partial charge on any atom is -0.488 e. The van der Waals surface area contributed by atoms with Gasteiger partial charge < -0.3 is 9.64 Å². The molecule has 0 spiro atoms. The number of thiophene rings is 1. The SMILES string of the molecule is CN1CC[C@@H](Oc2cc(NS(=O)(=O)c3sc(Cl)cc3-c3cc(Cl)cc(Cl)c3)ccc2C(F)(F)F)C1. The highest BCUT2D eigenvalue weighted by atomic mass is 35.5. The van der Waals surface area contributed by atoms with E-state index in [0.29, 0.717) is 35.1 Å². The predicted molar refractivity (Wildman–Crippen MR) is 134 cm³/mol. The molecule has 2 heterocycles. The molecule has 1 atom stereocenters. The highest BCUT2D eigenvalue weighted by Gasteiger charge is 2.36. The van der Waals surface area contributed by atoms with Crippen molar-refractivity contribution in [1.82, 2.24) is 4.90 Å². The van der Waals surface area contributed by atoms with E-state index < -0.39 is 33.6 Å². The van der Waals surface area contributed by atoms with Crippen molar-refractivity contribution in [3.05, 3.63) is 62.4 Å². The Morgan fingerprint density at radius 3 is 2.37 bits per heavy atom. The van der Waals surface area contributed by atoms with Gasteiger partial charge in [-0.1, -0.05) is 34.8 Å². The number of likely N-dealkylation sites (tertiary alicyclic amines) is 1. The number of nitrogens with zero attached hydrogens (tertiary/aromatic N) is 1. The van der Waals surface area contributed by atoms with E-state index in [1.165, 1.54) is 24.3 Å². The van der Waals surface area contributed by atoms with Crippen LogP contribution in [0.3, 0.4) is 0 Å². The number of halogens is 6. The first-order valence-corrected chi connectivity index (χ1v) is 13.6. The van der Waals surface area contributed by atoms with Crippen molar-refractivity contribution < 1.29 is 26.3 Å². The van der Waals surface area contributed by atoms with Gasteiger partial charge in [0, 0.05) is 34.8 Å². The third-order valence-corrected chi connectivity index (χ3v) is 8.88. The van der Waals surface area contributed by atoms with E-state index in [-0.39, 0.29) is 19.8 Å². The van der Waals surface area contributed by atoms with E-state index in [0.717, 1.165) is 29.5 Å². The van der Waals surface area contributed by atoms with Crippen LogP contribution in [0.4, 0.5) is 18.9 Å². The fourth-order valence-corrected chi connectivity index (χ4v) is 7.22. The van der Waals surface area contributed by atoms with Crippen molar-refractivity contribution in [3.8, 4) is 16.9 Å². The molecule has 1 fully saturated rings. The summed E-state index contributed by atoms with van der Waals surface area (Å²) in [6, 6.07) is 8.91. The summed E-state index contributed by atoms with van der Waals surface area (Å²) in [5, 5.41) is 0.599. The number of anilines is 1. The van der Waals surface area contributed by atoms with E-state index in [1.807, 2.05) is 11.9 Å². The summed E-state index contributed by atoms with van der Waals surface area (Å²) in [4.78, 5) is 1.94. The van der Waals surface area contributed by atoms with Crippen molar-refractivity contribution in [2.24, 2.45) is 0 Å². The summed E-state index contributed by atoms with van der Waals surface area (Å²) in [5.74, 6) is -0.441. The van der Waals surface area contributed by atoms with Gasteiger partial charge in [0.05, 0.1) is 15.6 Å². The first kappa shape index (κ1) is 26.4. The Labute approximate surface area is 219 Å². The molecular formula is C22H18Cl3F3N2O3S2. The molecule has 0 bridgehead atoms. The number of nitrogens with one attached hydrogen (secondary N) is 1. The van der Waals surface area contributed by atoms with Gasteiger partial charge >= 0.3 is 6.18 Å². The summed E-state index contributed by atoms with van der Waals surface area (Å²) in [5.41, 5.74) is -0.385. The summed E-state index contributed by atoms with van der Waals surface area (Å²) in [7, 11) is -2.40. The molecule has 1 saturated heterocycles. The molecule has 5 nitrogen and oxygen atoms in total. The number of rotatable bonds is 6. The van der Waals surface area contributed by atoms with Gasteiger partial charge in [-0.25, -0.2) is 8.42 Å². The molecule has 13 heteroatoms. The van der Waals surface area contributed by atoms with Gasteiger partial charge in [-0.15, -0.1) is 11.3 Å². The lowest BCUT2D eigenvalue weighted by Gasteiger charge is -2.19. The molecule has 2 aromatic carbocycles. The van der Waals surface area contributed by atoms with Gasteiger partial charge in [0.2, 0.25) is 0 Å². The molecule has 1 aromatic heterocycles. The minimum atomic E-state index is -4.67. The highest BCUT2D eigenvalue weighted by molar-refractivity contribution is 7.94. The second-order valence-corrected chi connectivity index (χ2v) is 12.4. The molecule has 1 aliphatic rings. The minimum absolute atomic E-state index is 0.0843. The second kappa shape index (κ2) is 9.99. The van der Waals surface area contributed by atoms with Crippen LogP contribution in [0, 0.1) is 0 Å². The van der Waals surface area contributed by atoms with Gasteiger partial charge in [-0.3, -0.25) is 4.72 Å². The van der Waals surface area contributed by atoms with E-state index in [2.05, 4.69) is 4.72 Å². The maximum absolute atomic E-state index is 13.6. The van der Waals surface area contributed by atoms with Crippen LogP contribution in [0.5, 0.6) is 5.75 Å². The summed E-state index contributed by atoms with van der Waals surface area (Å²) >= 11 is 19.0. The number of ether oxygens (including phenoxy) is 1. The van der Waals surface area contributed by atoms with Crippen LogP contribution < -0.4 is 9.46 Å². The molecule has 0 saturated carbocycles. The van der Waals surface area contributed by atoms with Crippen LogP contribution in [-0.4, -0.2) is 39.6 Å². The quantitative estimate of drug-likeness (QED) is 0.330. The predicted octanol–water partition coefficient (Wildman–Crippen LogP) is 7.28. The van der Waals surface area contributed by atoms with E-state index in [9.17, 15) is 21.6 Å². The van der Waals surface area contributed by atoms with Crippen LogP contribution in [0.15, 0.2) is 46.7 Å². The van der Waals surface area contributed by atoms with Gasteiger partial charge in [0.25, 0.3) is 10.0 Å². The van der Waals surface area contributed by atoms with Crippen molar-refractivity contribution >= 4 is 61.9 Å². The molecule has 0 radical (unpaired) electrons. The lowest BCUT2D eigenvalue weighted by molar-refractivity contribution is -0.139. The molecule has 4 rings (SSSR count). The van der Waals surface area contributed by atoms with Gasteiger partial charge in [0.1, 0.15) is 16.1 Å². The van der Waals surface area contributed by atoms with Crippen molar-refractivity contribution in [3.63, 3.8) is 0 Å². The van der Waals surface area contributed by atoms with Gasteiger partial charge in [-0.05, 0) is 55.4 Å². The highest BCUT2D eigenvalue weighted by Crippen LogP contribution is 2.42. The maximum Gasteiger partial charge on any atom is 0.419 e. The Balaban J connectivity index is 1.69. The molecule has 188 valence electrons. The monoisotopic (exact) mass is 584 g/mol. The normalized spacial score (nSPS) is 17.1. The summed E-state index contributed by atoms with van der Waals surface area (Å²) in [6.45, 7) is 1.15. The molecule has 1 N–H and O–H groups in total. The van der Waals surface area contributed by atoms with Crippen LogP contribution >= 0.6 is 46.1 Å². The van der Waals surface area contributed by atoms with Crippen LogP contribution in [0.2, 0.25) is 14.4 Å². The number of hydrogen-bond donors (Lipinski definition) is 1. The average Bonchev–Trinajstić information content (AvgIpc) is 3.32. The Bertz CT molecular complexity index is 1340. The largest absolute Gasteiger partial charge is 0.488 e. The zero-order valence-corrected chi connectivity index (χ0v) is 21.9. The van der Waals surface area contributed by atoms with Crippen LogP contribution in [-0.2, 0) is 16.2 Å². The molecule has 3 aromatic rings. The number of benzene rings is 2. The second-order valence-electron chi connectivity index (χ2n) is 8.01. The number of likely N-dealkylation sites (N-methyl/N-ethyl adjacent to an activating group) is 1. The standard InChI is InChI=1S/C22H18Cl3F3N2O3S2/c1-30-5-4-16(11-30)33-19-9-15(2-3-18(19)22(26,27)28)29-35(31,32)21-17(10-20(25)34-21)12-6-13(23)8-14(24)7-12/h2-3,6-10,16,29H,4-5,11H2,1H3/t16-/m1/s1. The lowest BCUT2D eigenvalue weighted by Crippen LogP contribution is -2.23. The molecular weight excluding hydrogens is 568 g/mol. The molecule has 1 aliphatic heterocycles. The van der Waals surface area contributed by atoms with E-state index in [4.69, 9.17) is 39.5 Å². The lowest BCUT2D eigenvalue weighted by atomic mass is 10.1. The topological polar surface area (TPSA) is 58.6 Å². The maximum atomic E-state index is 13.6. The van der Waals surface area contributed by atoms with E-state index in [1.54, 1.807) is 0 Å². The summed E-state index contributed by atoms with van der Waals surface area (Å²) < 4.78 is 75.3. The average molecular weight is 586 g/mol. The van der Waals surface area contributed by atoms with Crippen LogP contribution in [0.1, 0.15) is 12.0 Å². The third-order valence-electron chi connectivity index (χ3n) is 5.27. The first-order chi connectivity index (χ1) is 16.3. The fraction of sp³-hybridized carbons (Fsp3) is 0.273. The van der Waals surface area contributed by atoms with Crippen molar-refractivity contribution in [1.29, 1.82) is 0 Å². The smallest absolute Gasteiger partial charge is 0.419 e. The van der Waals surface area contributed by atoms with E-state index >= 15 is 0 Å². The number of hydrogen-bond acceptors (Lipinski definition) is 5. The van der Waals surface area contributed by atoms with Gasteiger partial charge in [0.15, 0.2) is 0 Å². The van der Waals surface area contributed by atoms with Crippen molar-refractivity contribution in [2.75, 3.05) is 24.9 Å². The third kappa shape index (κ3) is 6.18. The molecule has 0 amide bonds. The zero-order chi connectivity index (χ0) is 25.5. The first-order valence-electron chi connectivity index (χ1n) is 10.2.